The van der Waals surface area contributed by atoms with Crippen molar-refractivity contribution in [1.29, 1.82) is 0 Å². The number of ether oxygens (including phenoxy) is 1. The van der Waals surface area contributed by atoms with Gasteiger partial charge in [0.2, 0.25) is 0 Å². The Kier molecular flexibility index (Phi) is 5.99. The molecular weight excluding hydrogens is 244 g/mol. The zero-order chi connectivity index (χ0) is 14.3. The summed E-state index contributed by atoms with van der Waals surface area (Å²) in [6.07, 6.45) is 0.363. The van der Waals surface area contributed by atoms with Crippen molar-refractivity contribution in [2.24, 2.45) is 0 Å². The highest BCUT2D eigenvalue weighted by molar-refractivity contribution is 5.89. The molecule has 106 valence electrons. The molecule has 1 atom stereocenters. The van der Waals surface area contributed by atoms with Crippen molar-refractivity contribution >= 4 is 5.97 Å². The molecule has 0 heterocycles. The molecular formula is C15H22O4. The minimum atomic E-state index is -0.373. The van der Waals surface area contributed by atoms with Crippen LogP contribution in [0, 0.1) is 0 Å². The summed E-state index contributed by atoms with van der Waals surface area (Å²) in [5, 5.41) is 0. The summed E-state index contributed by atoms with van der Waals surface area (Å²) in [6.45, 7) is 7.84. The van der Waals surface area contributed by atoms with Crippen molar-refractivity contribution in [1.82, 2.24) is 0 Å². The zero-order valence-corrected chi connectivity index (χ0v) is 12.0. The van der Waals surface area contributed by atoms with Gasteiger partial charge in [-0.05, 0) is 39.3 Å². The van der Waals surface area contributed by atoms with E-state index in [9.17, 15) is 4.79 Å². The summed E-state index contributed by atoms with van der Waals surface area (Å²) in [6, 6.07) is 8.91. The first-order valence-corrected chi connectivity index (χ1v) is 6.49. The lowest BCUT2D eigenvalue weighted by atomic mass is 10.2. The van der Waals surface area contributed by atoms with Gasteiger partial charge in [-0.25, -0.2) is 14.6 Å². The van der Waals surface area contributed by atoms with Crippen LogP contribution in [-0.2, 0) is 14.5 Å². The third kappa shape index (κ3) is 6.36. The minimum absolute atomic E-state index is 0.229. The van der Waals surface area contributed by atoms with Crippen LogP contribution in [0.2, 0.25) is 0 Å². The maximum Gasteiger partial charge on any atom is 0.338 e. The maximum absolute atomic E-state index is 11.9. The van der Waals surface area contributed by atoms with Gasteiger partial charge in [-0.3, -0.25) is 0 Å². The highest BCUT2D eigenvalue weighted by Crippen LogP contribution is 2.10. The summed E-state index contributed by atoms with van der Waals surface area (Å²) in [5.74, 6) is -0.341. The van der Waals surface area contributed by atoms with E-state index in [0.29, 0.717) is 12.0 Å². The van der Waals surface area contributed by atoms with Gasteiger partial charge < -0.3 is 4.74 Å². The second-order valence-electron chi connectivity index (χ2n) is 5.28. The first kappa shape index (κ1) is 15.7. The zero-order valence-electron chi connectivity index (χ0n) is 12.0. The van der Waals surface area contributed by atoms with Crippen LogP contribution in [0.4, 0.5) is 0 Å². The van der Waals surface area contributed by atoms with E-state index in [1.165, 1.54) is 0 Å². The highest BCUT2D eigenvalue weighted by atomic mass is 17.2. The largest absolute Gasteiger partial charge is 0.456 e. The minimum Gasteiger partial charge on any atom is -0.456 e. The summed E-state index contributed by atoms with van der Waals surface area (Å²) < 4.78 is 5.36. The van der Waals surface area contributed by atoms with Crippen LogP contribution in [0.25, 0.3) is 0 Å². The number of benzene rings is 1. The number of carbonyl (C=O) groups excluding carboxylic acids is 1. The maximum atomic E-state index is 11.9. The lowest BCUT2D eigenvalue weighted by molar-refractivity contribution is -0.355. The number of carbonyl (C=O) groups is 1. The lowest BCUT2D eigenvalue weighted by Gasteiger charge is -2.20. The predicted octanol–water partition coefficient (Wildman–Crippen LogP) is 3.37. The molecule has 1 aromatic carbocycles. The van der Waals surface area contributed by atoms with Crippen molar-refractivity contribution < 1.29 is 19.3 Å². The van der Waals surface area contributed by atoms with Gasteiger partial charge in [-0.2, -0.15) is 0 Å². The van der Waals surface area contributed by atoms with Crippen LogP contribution in [0.3, 0.4) is 0 Å². The lowest BCUT2D eigenvalue weighted by Crippen LogP contribution is -2.26. The van der Waals surface area contributed by atoms with Gasteiger partial charge in [0, 0.05) is 0 Å². The van der Waals surface area contributed by atoms with E-state index in [1.54, 1.807) is 24.3 Å². The van der Waals surface area contributed by atoms with Crippen molar-refractivity contribution in [2.75, 3.05) is 6.61 Å². The highest BCUT2D eigenvalue weighted by Gasteiger charge is 2.17. The Morgan fingerprint density at radius 1 is 1.21 bits per heavy atom. The molecule has 0 spiro atoms. The fraction of sp³-hybridized carbons (Fsp3) is 0.533. The van der Waals surface area contributed by atoms with Gasteiger partial charge in [0.05, 0.1) is 11.2 Å². The molecule has 0 amide bonds. The van der Waals surface area contributed by atoms with Gasteiger partial charge in [0.15, 0.2) is 0 Å². The molecule has 0 aromatic heterocycles. The second-order valence-corrected chi connectivity index (χ2v) is 5.28. The third-order valence-corrected chi connectivity index (χ3v) is 2.30. The molecule has 0 saturated heterocycles. The summed E-state index contributed by atoms with van der Waals surface area (Å²) in [7, 11) is 0. The van der Waals surface area contributed by atoms with Crippen LogP contribution < -0.4 is 0 Å². The molecule has 0 fully saturated rings. The molecule has 1 unspecified atom stereocenters. The Morgan fingerprint density at radius 2 is 1.84 bits per heavy atom. The Bertz CT molecular complexity index is 381. The van der Waals surface area contributed by atoms with Crippen molar-refractivity contribution in [3.8, 4) is 0 Å². The Balaban J connectivity index is 2.42. The molecule has 1 rings (SSSR count). The van der Waals surface area contributed by atoms with E-state index >= 15 is 0 Å². The van der Waals surface area contributed by atoms with Gasteiger partial charge in [0.25, 0.3) is 0 Å². The molecule has 0 bridgehead atoms. The summed E-state index contributed by atoms with van der Waals surface area (Å²) in [5.41, 5.74) is 0.166. The quantitative estimate of drug-likeness (QED) is 0.450. The van der Waals surface area contributed by atoms with Gasteiger partial charge >= 0.3 is 5.97 Å². The molecule has 0 aliphatic carbocycles. The van der Waals surface area contributed by atoms with E-state index in [2.05, 4.69) is 0 Å². The molecule has 4 nitrogen and oxygen atoms in total. The summed E-state index contributed by atoms with van der Waals surface area (Å²) in [4.78, 5) is 22.1. The van der Waals surface area contributed by atoms with E-state index in [4.69, 9.17) is 14.5 Å². The van der Waals surface area contributed by atoms with Gasteiger partial charge in [0.1, 0.15) is 12.7 Å². The molecule has 0 saturated carbocycles. The molecule has 0 aliphatic rings. The Hall–Kier alpha value is -1.39. The molecule has 0 N–H and O–H groups in total. The molecule has 0 radical (unpaired) electrons. The average molecular weight is 266 g/mol. The Morgan fingerprint density at radius 3 is 2.37 bits per heavy atom. The standard InChI is InChI=1S/C15H22O4/c1-5-13(11-17-19-15(2,3)4)18-14(16)12-9-7-6-8-10-12/h6-10,13H,5,11H2,1-4H3. The fourth-order valence-electron chi connectivity index (χ4n) is 1.32. The third-order valence-electron chi connectivity index (χ3n) is 2.30. The van der Waals surface area contributed by atoms with Crippen LogP contribution in [0.1, 0.15) is 44.5 Å². The SMILES string of the molecule is CCC(COOC(C)(C)C)OC(=O)c1ccccc1. The fourth-order valence-corrected chi connectivity index (χ4v) is 1.32. The van der Waals surface area contributed by atoms with Crippen molar-refractivity contribution in [3.05, 3.63) is 35.9 Å². The smallest absolute Gasteiger partial charge is 0.338 e. The Labute approximate surface area is 114 Å². The van der Waals surface area contributed by atoms with E-state index in [-0.39, 0.29) is 24.3 Å². The molecule has 0 aliphatic heterocycles. The molecule has 1 aromatic rings. The van der Waals surface area contributed by atoms with Crippen LogP contribution in [-0.4, -0.2) is 24.3 Å². The average Bonchev–Trinajstić information content (AvgIpc) is 2.37. The topological polar surface area (TPSA) is 44.8 Å². The van der Waals surface area contributed by atoms with Gasteiger partial charge in [-0.15, -0.1) is 0 Å². The second kappa shape index (κ2) is 7.26. The number of esters is 1. The van der Waals surface area contributed by atoms with Crippen LogP contribution in [0.5, 0.6) is 0 Å². The van der Waals surface area contributed by atoms with Crippen molar-refractivity contribution in [2.45, 2.75) is 45.8 Å². The summed E-state index contributed by atoms with van der Waals surface area (Å²) >= 11 is 0. The first-order valence-electron chi connectivity index (χ1n) is 6.49. The number of hydrogen-bond acceptors (Lipinski definition) is 4. The number of hydrogen-bond donors (Lipinski definition) is 0. The predicted molar refractivity (Wildman–Crippen MR) is 72.7 cm³/mol. The van der Waals surface area contributed by atoms with Crippen LogP contribution in [0.15, 0.2) is 30.3 Å². The molecule has 4 heteroatoms. The van der Waals surface area contributed by atoms with E-state index in [1.807, 2.05) is 33.8 Å². The van der Waals surface area contributed by atoms with Gasteiger partial charge in [-0.1, -0.05) is 25.1 Å². The van der Waals surface area contributed by atoms with E-state index in [0.717, 1.165) is 0 Å². The molecule has 19 heavy (non-hydrogen) atoms. The van der Waals surface area contributed by atoms with Crippen molar-refractivity contribution in [3.63, 3.8) is 0 Å². The van der Waals surface area contributed by atoms with E-state index < -0.39 is 0 Å². The van der Waals surface area contributed by atoms with Crippen LogP contribution >= 0.6 is 0 Å². The number of rotatable bonds is 6. The first-order chi connectivity index (χ1) is 8.92. The normalized spacial score (nSPS) is 13.1. The monoisotopic (exact) mass is 266 g/mol.